The Morgan fingerprint density at radius 1 is 0.619 bits per heavy atom. The Bertz CT molecular complexity index is 1400. The standard InChI is InChI=1S/C38H53O3P/c1-14-18-28-29-21-25(35(2,3)4)23-31(37(8,9)10)33(29)40-42(39,27-19-16-15-17-20-27)41-34-30(28)22-26(36(5,6)7)24-32(34)38(11,12)13/h15-17,19-24,28H,14,18H2,1-13H3. The fourth-order valence-corrected chi connectivity index (χ4v) is 7.42. The molecule has 0 saturated heterocycles. The minimum absolute atomic E-state index is 0.0244. The first-order valence-corrected chi connectivity index (χ1v) is 17.1. The Balaban J connectivity index is 2.25. The summed E-state index contributed by atoms with van der Waals surface area (Å²) in [6.07, 6.45) is 1.92. The van der Waals surface area contributed by atoms with E-state index in [0.717, 1.165) is 35.1 Å². The molecule has 228 valence electrons. The van der Waals surface area contributed by atoms with Gasteiger partial charge in [0.2, 0.25) is 0 Å². The lowest BCUT2D eigenvalue weighted by atomic mass is 9.73. The van der Waals surface area contributed by atoms with Crippen LogP contribution in [0.5, 0.6) is 11.5 Å². The highest BCUT2D eigenvalue weighted by Gasteiger charge is 2.42. The first-order chi connectivity index (χ1) is 19.2. The van der Waals surface area contributed by atoms with Crippen LogP contribution in [0.25, 0.3) is 0 Å². The second kappa shape index (κ2) is 10.9. The molecule has 0 N–H and O–H groups in total. The largest absolute Gasteiger partial charge is 0.462 e. The molecule has 0 saturated carbocycles. The molecule has 3 aromatic rings. The molecule has 3 aromatic carbocycles. The first-order valence-electron chi connectivity index (χ1n) is 15.6. The van der Waals surface area contributed by atoms with Crippen molar-refractivity contribution in [3.05, 3.63) is 88.0 Å². The second-order valence-electron chi connectivity index (χ2n) is 16.2. The zero-order valence-corrected chi connectivity index (χ0v) is 29.3. The molecule has 0 unspecified atom stereocenters. The van der Waals surface area contributed by atoms with E-state index in [1.807, 2.05) is 30.3 Å². The second-order valence-corrected chi connectivity index (χ2v) is 18.1. The van der Waals surface area contributed by atoms with E-state index in [2.05, 4.69) is 114 Å². The average molecular weight is 589 g/mol. The molecule has 0 aliphatic carbocycles. The molecule has 0 fully saturated rings. The average Bonchev–Trinajstić information content (AvgIpc) is 2.84. The SMILES string of the molecule is CCCC1c2cc(C(C)(C)C)cc(C(C)(C)C)c2OP(=O)(c2ccccc2)Oc2c1cc(C(C)(C)C)cc2C(C)(C)C. The van der Waals surface area contributed by atoms with E-state index in [4.69, 9.17) is 9.05 Å². The Kier molecular flexibility index (Phi) is 8.40. The van der Waals surface area contributed by atoms with Crippen molar-refractivity contribution in [2.24, 2.45) is 0 Å². The van der Waals surface area contributed by atoms with E-state index < -0.39 is 7.60 Å². The minimum atomic E-state index is -3.85. The molecule has 42 heavy (non-hydrogen) atoms. The highest BCUT2D eigenvalue weighted by atomic mass is 31.2. The number of rotatable bonds is 3. The fraction of sp³-hybridized carbons (Fsp3) is 0.526. The Labute approximate surface area is 256 Å². The van der Waals surface area contributed by atoms with E-state index in [9.17, 15) is 0 Å². The monoisotopic (exact) mass is 588 g/mol. The zero-order valence-electron chi connectivity index (χ0n) is 28.4. The van der Waals surface area contributed by atoms with Crippen molar-refractivity contribution >= 4 is 12.9 Å². The van der Waals surface area contributed by atoms with Crippen molar-refractivity contribution in [2.75, 3.05) is 0 Å². The van der Waals surface area contributed by atoms with Crippen LogP contribution < -0.4 is 14.4 Å². The molecule has 0 amide bonds. The summed E-state index contributed by atoms with van der Waals surface area (Å²) in [7, 11) is -3.85. The van der Waals surface area contributed by atoms with Gasteiger partial charge >= 0.3 is 7.60 Å². The molecule has 0 bridgehead atoms. The van der Waals surface area contributed by atoms with Crippen molar-refractivity contribution in [1.82, 2.24) is 0 Å². The predicted octanol–water partition coefficient (Wildman–Crippen LogP) is 11.1. The van der Waals surface area contributed by atoms with Crippen LogP contribution in [0.2, 0.25) is 0 Å². The van der Waals surface area contributed by atoms with E-state index >= 15 is 4.57 Å². The van der Waals surface area contributed by atoms with Crippen LogP contribution in [0.15, 0.2) is 54.6 Å². The van der Waals surface area contributed by atoms with E-state index in [1.165, 1.54) is 11.1 Å². The summed E-state index contributed by atoms with van der Waals surface area (Å²) in [5, 5.41) is 0.565. The van der Waals surface area contributed by atoms with Gasteiger partial charge in [0.1, 0.15) is 11.5 Å². The summed E-state index contributed by atoms with van der Waals surface area (Å²) >= 11 is 0. The Morgan fingerprint density at radius 2 is 1.02 bits per heavy atom. The zero-order chi connectivity index (χ0) is 31.5. The van der Waals surface area contributed by atoms with Crippen LogP contribution >= 0.6 is 7.60 Å². The van der Waals surface area contributed by atoms with Gasteiger partial charge in [-0.2, -0.15) is 0 Å². The van der Waals surface area contributed by atoms with Crippen molar-refractivity contribution < 1.29 is 13.6 Å². The highest BCUT2D eigenvalue weighted by molar-refractivity contribution is 7.63. The van der Waals surface area contributed by atoms with Gasteiger partial charge in [-0.25, -0.2) is 4.57 Å². The summed E-state index contributed by atoms with van der Waals surface area (Å²) in [6.45, 7) is 29.1. The lowest BCUT2D eigenvalue weighted by Crippen LogP contribution is -2.26. The number of hydrogen-bond donors (Lipinski definition) is 0. The molecule has 0 spiro atoms. The van der Waals surface area contributed by atoms with Crippen molar-refractivity contribution in [3.63, 3.8) is 0 Å². The maximum Gasteiger partial charge on any atom is 0.462 e. The third kappa shape index (κ3) is 6.37. The van der Waals surface area contributed by atoms with Gasteiger partial charge in [0, 0.05) is 28.2 Å². The van der Waals surface area contributed by atoms with Gasteiger partial charge in [0.25, 0.3) is 0 Å². The number of fused-ring (bicyclic) bond motifs is 2. The van der Waals surface area contributed by atoms with Gasteiger partial charge in [-0.1, -0.05) is 139 Å². The first kappa shape index (κ1) is 32.4. The smallest absolute Gasteiger partial charge is 0.412 e. The van der Waals surface area contributed by atoms with Crippen LogP contribution in [0.3, 0.4) is 0 Å². The van der Waals surface area contributed by atoms with Crippen LogP contribution in [-0.4, -0.2) is 0 Å². The summed E-state index contributed by atoms with van der Waals surface area (Å²) in [5.41, 5.74) is 6.26. The van der Waals surface area contributed by atoms with Crippen LogP contribution in [0, 0.1) is 0 Å². The Hall–Kier alpha value is -2.51. The van der Waals surface area contributed by atoms with Gasteiger partial charge in [-0.3, -0.25) is 0 Å². The molecule has 3 nitrogen and oxygen atoms in total. The van der Waals surface area contributed by atoms with Crippen LogP contribution in [0.4, 0.5) is 0 Å². The maximum atomic E-state index is 15.3. The van der Waals surface area contributed by atoms with Crippen molar-refractivity contribution in [3.8, 4) is 11.5 Å². The van der Waals surface area contributed by atoms with Gasteiger partial charge in [-0.05, 0) is 51.3 Å². The molecular weight excluding hydrogens is 535 g/mol. The lowest BCUT2D eigenvalue weighted by molar-refractivity contribution is 0.374. The van der Waals surface area contributed by atoms with Crippen molar-refractivity contribution in [1.29, 1.82) is 0 Å². The van der Waals surface area contributed by atoms with Gasteiger partial charge in [-0.15, -0.1) is 0 Å². The molecule has 4 rings (SSSR count). The number of hydrogen-bond acceptors (Lipinski definition) is 3. The van der Waals surface area contributed by atoms with Gasteiger partial charge in [0.15, 0.2) is 0 Å². The van der Waals surface area contributed by atoms with E-state index in [-0.39, 0.29) is 27.6 Å². The summed E-state index contributed by atoms with van der Waals surface area (Å²) in [4.78, 5) is 0. The molecule has 0 aromatic heterocycles. The summed E-state index contributed by atoms with van der Waals surface area (Å²) in [5.74, 6) is 1.45. The molecule has 1 aliphatic heterocycles. The predicted molar refractivity (Wildman–Crippen MR) is 179 cm³/mol. The molecule has 1 heterocycles. The minimum Gasteiger partial charge on any atom is -0.412 e. The normalized spacial score (nSPS) is 19.6. The van der Waals surface area contributed by atoms with Crippen molar-refractivity contribution in [2.45, 2.75) is 130 Å². The van der Waals surface area contributed by atoms with Gasteiger partial charge in [0.05, 0.1) is 5.30 Å². The fourth-order valence-electron chi connectivity index (χ4n) is 5.75. The molecule has 4 heteroatoms. The number of benzene rings is 3. The maximum absolute atomic E-state index is 15.3. The highest BCUT2D eigenvalue weighted by Crippen LogP contribution is 2.59. The van der Waals surface area contributed by atoms with Gasteiger partial charge < -0.3 is 9.05 Å². The van der Waals surface area contributed by atoms with Crippen LogP contribution in [0.1, 0.15) is 142 Å². The van der Waals surface area contributed by atoms with Crippen LogP contribution in [-0.2, 0) is 26.2 Å². The molecule has 1 aliphatic rings. The molecule has 0 atom stereocenters. The van der Waals surface area contributed by atoms with E-state index in [1.54, 1.807) is 0 Å². The third-order valence-electron chi connectivity index (χ3n) is 8.41. The third-order valence-corrected chi connectivity index (χ3v) is 10.2. The topological polar surface area (TPSA) is 35.5 Å². The summed E-state index contributed by atoms with van der Waals surface area (Å²) < 4.78 is 29.0. The molecular formula is C38H53O3P. The lowest BCUT2D eigenvalue weighted by Gasteiger charge is -2.38. The molecule has 0 radical (unpaired) electrons. The Morgan fingerprint density at radius 3 is 1.36 bits per heavy atom. The summed E-state index contributed by atoms with van der Waals surface area (Å²) in [6, 6.07) is 18.7. The quantitative estimate of drug-likeness (QED) is 0.286. The van der Waals surface area contributed by atoms with E-state index in [0.29, 0.717) is 16.8 Å².